The molecule has 250 valence electrons. The Morgan fingerprint density at radius 3 is 2.38 bits per heavy atom. The molecule has 1 aliphatic rings. The maximum Gasteiger partial charge on any atom is 0.416 e. The molecule has 2 aromatic carbocycles. The van der Waals surface area contributed by atoms with Crippen LogP contribution in [-0.2, 0) is 33.8 Å². The minimum absolute atomic E-state index is 0.0161. The van der Waals surface area contributed by atoms with Crippen molar-refractivity contribution in [2.75, 3.05) is 33.0 Å². The van der Waals surface area contributed by atoms with Crippen LogP contribution in [0.1, 0.15) is 67.6 Å². The predicted octanol–water partition coefficient (Wildman–Crippen LogP) is 6.58. The van der Waals surface area contributed by atoms with Gasteiger partial charge in [-0.25, -0.2) is 13.2 Å². The number of carbonyl (C=O) groups excluding carboxylic acids is 2. The molecule has 2 aromatic rings. The van der Waals surface area contributed by atoms with Crippen LogP contribution in [-0.4, -0.2) is 74.9 Å². The number of sulfone groups is 1. The molecule has 1 saturated heterocycles. The number of amides is 2. The van der Waals surface area contributed by atoms with Crippen molar-refractivity contribution in [3.8, 4) is 5.75 Å². The number of likely N-dealkylation sites (tertiary alicyclic amines) is 1. The Balaban J connectivity index is 1.86. The number of likely N-dealkylation sites (N-methyl/N-ethyl adjacent to an activating group) is 1. The molecule has 1 atom stereocenters. The van der Waals surface area contributed by atoms with E-state index in [9.17, 15) is 31.2 Å². The molecule has 0 unspecified atom stereocenters. The van der Waals surface area contributed by atoms with Gasteiger partial charge in [0.2, 0.25) is 0 Å². The van der Waals surface area contributed by atoms with E-state index >= 15 is 0 Å². The zero-order valence-electron chi connectivity index (χ0n) is 26.0. The van der Waals surface area contributed by atoms with Gasteiger partial charge in [0.1, 0.15) is 16.2 Å². The van der Waals surface area contributed by atoms with Gasteiger partial charge >= 0.3 is 12.3 Å². The van der Waals surface area contributed by atoms with E-state index in [4.69, 9.17) is 32.7 Å². The minimum Gasteiger partial charge on any atom is -0.495 e. The lowest BCUT2D eigenvalue weighted by Gasteiger charge is -2.38. The predicted molar refractivity (Wildman–Crippen MR) is 166 cm³/mol. The number of ether oxygens (including phenoxy) is 2. The molecule has 9 nitrogen and oxygen atoms in total. The van der Waals surface area contributed by atoms with E-state index in [-0.39, 0.29) is 62.3 Å². The lowest BCUT2D eigenvalue weighted by atomic mass is 9.99. The Hall–Kier alpha value is -2.74. The zero-order chi connectivity index (χ0) is 33.9. The molecule has 0 saturated carbocycles. The Labute approximate surface area is 271 Å². The second kappa shape index (κ2) is 14.4. The zero-order valence-corrected chi connectivity index (χ0v) is 28.3. The average molecular weight is 697 g/mol. The molecular formula is C30H38Cl2F3N3O6S. The summed E-state index contributed by atoms with van der Waals surface area (Å²) in [5.41, 5.74) is -2.20. The van der Waals surface area contributed by atoms with Crippen LogP contribution in [0.4, 0.5) is 18.0 Å². The molecule has 1 fully saturated rings. The molecule has 0 aliphatic carbocycles. The lowest BCUT2D eigenvalue weighted by Crippen LogP contribution is -2.49. The first-order valence-corrected chi connectivity index (χ1v) is 16.6. The number of benzene rings is 2. The number of hydrogen-bond acceptors (Lipinski definition) is 7. The van der Waals surface area contributed by atoms with Gasteiger partial charge in [-0.2, -0.15) is 13.2 Å². The number of hydrogen-bond donors (Lipinski definition) is 1. The lowest BCUT2D eigenvalue weighted by molar-refractivity contribution is -0.138. The van der Waals surface area contributed by atoms with E-state index in [0.29, 0.717) is 25.9 Å². The highest BCUT2D eigenvalue weighted by Crippen LogP contribution is 2.38. The summed E-state index contributed by atoms with van der Waals surface area (Å²) in [6, 6.07) is 4.27. The summed E-state index contributed by atoms with van der Waals surface area (Å²) in [6.45, 7) is 6.97. The van der Waals surface area contributed by atoms with Crippen molar-refractivity contribution in [3.05, 3.63) is 56.6 Å². The SMILES string of the molecule is CCS(=O)(=O)c1c(CNC(=O)c2cc(Cl)c(CN3CCC[C@H](N(C)C(=O)OC(C)(C)C)C3)c(C(F)(F)F)c2)cc(Cl)cc1OC. The van der Waals surface area contributed by atoms with Crippen molar-refractivity contribution in [2.24, 2.45) is 0 Å². The summed E-state index contributed by atoms with van der Waals surface area (Å²) in [5.74, 6) is -1.17. The van der Waals surface area contributed by atoms with Crippen LogP contribution < -0.4 is 10.1 Å². The molecule has 1 aliphatic heterocycles. The van der Waals surface area contributed by atoms with Crippen molar-refractivity contribution in [1.82, 2.24) is 15.1 Å². The Bertz CT molecular complexity index is 1530. The van der Waals surface area contributed by atoms with Gasteiger partial charge in [-0.15, -0.1) is 0 Å². The highest BCUT2D eigenvalue weighted by atomic mass is 35.5. The van der Waals surface area contributed by atoms with Gasteiger partial charge in [0.15, 0.2) is 9.84 Å². The van der Waals surface area contributed by atoms with E-state index in [1.807, 2.05) is 0 Å². The molecular weight excluding hydrogens is 658 g/mol. The number of nitrogens with one attached hydrogen (secondary N) is 1. The van der Waals surface area contributed by atoms with Gasteiger partial charge in [-0.1, -0.05) is 30.1 Å². The van der Waals surface area contributed by atoms with Crippen LogP contribution in [0, 0.1) is 0 Å². The third-order valence-electron chi connectivity index (χ3n) is 7.30. The first-order chi connectivity index (χ1) is 20.8. The van der Waals surface area contributed by atoms with Crippen molar-refractivity contribution in [1.29, 1.82) is 0 Å². The van der Waals surface area contributed by atoms with E-state index in [1.54, 1.807) is 32.7 Å². The van der Waals surface area contributed by atoms with Crippen molar-refractivity contribution < 1.29 is 40.7 Å². The molecule has 45 heavy (non-hydrogen) atoms. The van der Waals surface area contributed by atoms with Crippen molar-refractivity contribution in [3.63, 3.8) is 0 Å². The second-order valence-corrected chi connectivity index (χ2v) is 14.8. The number of alkyl halides is 3. The average Bonchev–Trinajstić information content (AvgIpc) is 2.94. The molecule has 0 radical (unpaired) electrons. The molecule has 0 spiro atoms. The Morgan fingerprint density at radius 1 is 1.13 bits per heavy atom. The molecule has 1 N–H and O–H groups in total. The first kappa shape index (κ1) is 36.7. The van der Waals surface area contributed by atoms with Crippen molar-refractivity contribution >= 4 is 45.0 Å². The maximum atomic E-state index is 14.3. The highest BCUT2D eigenvalue weighted by molar-refractivity contribution is 7.91. The van der Waals surface area contributed by atoms with Gasteiger partial charge < -0.3 is 19.7 Å². The van der Waals surface area contributed by atoms with Crippen LogP contribution in [0.5, 0.6) is 5.75 Å². The topological polar surface area (TPSA) is 105 Å². The van der Waals surface area contributed by atoms with Crippen LogP contribution >= 0.6 is 23.2 Å². The summed E-state index contributed by atoms with van der Waals surface area (Å²) >= 11 is 12.5. The third-order valence-corrected chi connectivity index (χ3v) is 9.70. The minimum atomic E-state index is -4.83. The first-order valence-electron chi connectivity index (χ1n) is 14.2. The molecule has 15 heteroatoms. The summed E-state index contributed by atoms with van der Waals surface area (Å²) in [5, 5.41) is 2.37. The van der Waals surface area contributed by atoms with Gasteiger partial charge in [-0.3, -0.25) is 9.69 Å². The van der Waals surface area contributed by atoms with Gasteiger partial charge in [0.05, 0.1) is 18.4 Å². The van der Waals surface area contributed by atoms with E-state index < -0.39 is 39.2 Å². The Kier molecular flexibility index (Phi) is 11.7. The summed E-state index contributed by atoms with van der Waals surface area (Å²) in [4.78, 5) is 28.7. The fourth-order valence-electron chi connectivity index (χ4n) is 5.06. The quantitative estimate of drug-likeness (QED) is 0.316. The fraction of sp³-hybridized carbons (Fsp3) is 0.533. The molecule has 3 rings (SSSR count). The number of rotatable bonds is 9. The van der Waals surface area contributed by atoms with Crippen molar-refractivity contribution in [2.45, 2.75) is 76.3 Å². The third kappa shape index (κ3) is 9.40. The summed E-state index contributed by atoms with van der Waals surface area (Å²) in [6.07, 6.45) is -4.05. The molecule has 1 heterocycles. The largest absolute Gasteiger partial charge is 0.495 e. The number of methoxy groups -OCH3 is 1. The standard InChI is InChI=1S/C30H38Cl2F3N3O6S/c1-7-45(41,42)26-19(11-20(31)14-25(26)43-6)15-36-27(39)18-12-23(30(33,34)35)22(24(32)13-18)17-38-10-8-9-21(16-38)37(5)28(40)44-29(2,3)4/h11-14,21H,7-10,15-17H2,1-6H3,(H,36,39)/t21-/m0/s1. The van der Waals surface area contributed by atoms with Crippen LogP contribution in [0.3, 0.4) is 0 Å². The summed E-state index contributed by atoms with van der Waals surface area (Å²) in [7, 11) is -0.941. The van der Waals surface area contributed by atoms with Gasteiger partial charge in [-0.05, 0) is 69.5 Å². The van der Waals surface area contributed by atoms with Gasteiger partial charge in [0, 0.05) is 54.4 Å². The monoisotopic (exact) mass is 695 g/mol. The molecule has 2 amide bonds. The number of halogens is 5. The second-order valence-electron chi connectivity index (χ2n) is 11.8. The van der Waals surface area contributed by atoms with E-state index in [2.05, 4.69) is 5.32 Å². The Morgan fingerprint density at radius 2 is 1.80 bits per heavy atom. The van der Waals surface area contributed by atoms with E-state index in [1.165, 1.54) is 31.1 Å². The smallest absolute Gasteiger partial charge is 0.416 e. The fourth-order valence-corrected chi connectivity index (χ4v) is 6.84. The number of carbonyl (C=O) groups is 2. The number of nitrogens with zero attached hydrogens (tertiary/aromatic N) is 2. The number of piperidine rings is 1. The molecule has 0 aromatic heterocycles. The highest BCUT2D eigenvalue weighted by Gasteiger charge is 2.37. The summed E-state index contributed by atoms with van der Waals surface area (Å²) < 4.78 is 79.1. The van der Waals surface area contributed by atoms with Crippen LogP contribution in [0.15, 0.2) is 29.2 Å². The van der Waals surface area contributed by atoms with Crippen LogP contribution in [0.25, 0.3) is 0 Å². The maximum absolute atomic E-state index is 14.3. The molecule has 0 bridgehead atoms. The van der Waals surface area contributed by atoms with E-state index in [0.717, 1.165) is 12.1 Å². The van der Waals surface area contributed by atoms with Gasteiger partial charge in [0.25, 0.3) is 5.91 Å². The normalized spacial score (nSPS) is 16.3. The van der Waals surface area contributed by atoms with Crippen LogP contribution in [0.2, 0.25) is 10.0 Å².